The Hall–Kier alpha value is -1.38. The van der Waals surface area contributed by atoms with Crippen LogP contribution in [0.3, 0.4) is 0 Å². The van der Waals surface area contributed by atoms with Gasteiger partial charge in [0.05, 0.1) is 6.61 Å². The molecule has 0 amide bonds. The molecule has 18 heavy (non-hydrogen) atoms. The van der Waals surface area contributed by atoms with Gasteiger partial charge in [0, 0.05) is 19.3 Å². The number of Topliss-reactive ketones (excluding diaryl/α,β-unsaturated/α-hetero) is 1. The number of hydrogen-bond donors (Lipinski definition) is 0. The number of hydrogen-bond acceptors (Lipinski definition) is 3. The Morgan fingerprint density at radius 3 is 2.83 bits per heavy atom. The first-order valence-corrected chi connectivity index (χ1v) is 6.56. The standard InChI is InChI=1S/C15H22O3/c1-3-5-7-12-9-14(16)10-13(12)11-15(17)18-8-6-4-2/h3-5,12-13H,2,6-11H2,1H3/b5-3-. The molecule has 100 valence electrons. The Bertz CT molecular complexity index is 331. The van der Waals surface area contributed by atoms with Crippen molar-refractivity contribution in [2.24, 2.45) is 11.8 Å². The van der Waals surface area contributed by atoms with Gasteiger partial charge in [0.2, 0.25) is 0 Å². The fraction of sp³-hybridized carbons (Fsp3) is 0.600. The Labute approximate surface area is 109 Å². The van der Waals surface area contributed by atoms with E-state index < -0.39 is 0 Å². The molecule has 1 saturated carbocycles. The van der Waals surface area contributed by atoms with Gasteiger partial charge in [0.15, 0.2) is 0 Å². The van der Waals surface area contributed by atoms with Crippen molar-refractivity contribution in [3.63, 3.8) is 0 Å². The topological polar surface area (TPSA) is 43.4 Å². The average Bonchev–Trinajstić information content (AvgIpc) is 2.67. The molecule has 0 aromatic rings. The van der Waals surface area contributed by atoms with Gasteiger partial charge < -0.3 is 4.74 Å². The quantitative estimate of drug-likeness (QED) is 0.396. The summed E-state index contributed by atoms with van der Waals surface area (Å²) in [6, 6.07) is 0. The lowest BCUT2D eigenvalue weighted by molar-refractivity contribution is -0.144. The van der Waals surface area contributed by atoms with Gasteiger partial charge in [-0.25, -0.2) is 0 Å². The predicted molar refractivity (Wildman–Crippen MR) is 71.0 cm³/mol. The molecule has 3 heteroatoms. The Balaban J connectivity index is 2.40. The summed E-state index contributed by atoms with van der Waals surface area (Å²) in [5.74, 6) is 0.543. The van der Waals surface area contributed by atoms with Crippen LogP contribution in [0, 0.1) is 11.8 Å². The molecule has 3 nitrogen and oxygen atoms in total. The molecule has 1 fully saturated rings. The van der Waals surface area contributed by atoms with E-state index in [-0.39, 0.29) is 17.7 Å². The van der Waals surface area contributed by atoms with Gasteiger partial charge in [-0.2, -0.15) is 0 Å². The number of carbonyl (C=O) groups is 2. The number of ketones is 1. The SMILES string of the molecule is C=CCCOC(=O)CC1CC(=O)CC1C/C=C\C. The fourth-order valence-electron chi connectivity index (χ4n) is 2.36. The molecule has 0 radical (unpaired) electrons. The number of carbonyl (C=O) groups excluding carboxylic acids is 2. The lowest BCUT2D eigenvalue weighted by atomic mass is 9.90. The van der Waals surface area contributed by atoms with Crippen LogP contribution in [0.5, 0.6) is 0 Å². The number of allylic oxidation sites excluding steroid dienone is 2. The Morgan fingerprint density at radius 2 is 2.17 bits per heavy atom. The van der Waals surface area contributed by atoms with Crippen molar-refractivity contribution in [2.45, 2.75) is 39.0 Å². The summed E-state index contributed by atoms with van der Waals surface area (Å²) in [7, 11) is 0. The van der Waals surface area contributed by atoms with Crippen LogP contribution in [0.2, 0.25) is 0 Å². The lowest BCUT2D eigenvalue weighted by Crippen LogP contribution is -2.15. The molecular weight excluding hydrogens is 228 g/mol. The molecule has 1 aliphatic carbocycles. The van der Waals surface area contributed by atoms with Gasteiger partial charge >= 0.3 is 5.97 Å². The molecule has 0 N–H and O–H groups in total. The van der Waals surface area contributed by atoms with Crippen molar-refractivity contribution in [3.8, 4) is 0 Å². The number of esters is 1. The zero-order valence-corrected chi connectivity index (χ0v) is 11.1. The summed E-state index contributed by atoms with van der Waals surface area (Å²) in [4.78, 5) is 23.1. The van der Waals surface area contributed by atoms with Gasteiger partial charge in [-0.3, -0.25) is 9.59 Å². The minimum absolute atomic E-state index is 0.157. The molecule has 0 bridgehead atoms. The van der Waals surface area contributed by atoms with Crippen molar-refractivity contribution < 1.29 is 14.3 Å². The number of rotatable bonds is 7. The van der Waals surface area contributed by atoms with Crippen LogP contribution >= 0.6 is 0 Å². The van der Waals surface area contributed by atoms with E-state index in [0.717, 1.165) is 6.42 Å². The second kappa shape index (κ2) is 7.85. The van der Waals surface area contributed by atoms with E-state index in [1.807, 2.05) is 13.0 Å². The second-order valence-corrected chi connectivity index (χ2v) is 4.77. The highest BCUT2D eigenvalue weighted by atomic mass is 16.5. The Morgan fingerprint density at radius 1 is 1.44 bits per heavy atom. The second-order valence-electron chi connectivity index (χ2n) is 4.77. The molecule has 2 unspecified atom stereocenters. The van der Waals surface area contributed by atoms with E-state index in [2.05, 4.69) is 12.7 Å². The van der Waals surface area contributed by atoms with Crippen LogP contribution in [0.4, 0.5) is 0 Å². The van der Waals surface area contributed by atoms with Crippen molar-refractivity contribution in [1.82, 2.24) is 0 Å². The highest BCUT2D eigenvalue weighted by molar-refractivity contribution is 5.82. The summed E-state index contributed by atoms with van der Waals surface area (Å²) in [6.45, 7) is 5.93. The highest BCUT2D eigenvalue weighted by Gasteiger charge is 2.33. The molecule has 0 spiro atoms. The molecule has 1 rings (SSSR count). The molecular formula is C15H22O3. The molecule has 0 aromatic heterocycles. The van der Waals surface area contributed by atoms with Crippen LogP contribution in [-0.2, 0) is 14.3 Å². The van der Waals surface area contributed by atoms with Crippen LogP contribution in [0.15, 0.2) is 24.8 Å². The van der Waals surface area contributed by atoms with Gasteiger partial charge in [-0.15, -0.1) is 6.58 Å². The molecule has 2 atom stereocenters. The lowest BCUT2D eigenvalue weighted by Gasteiger charge is -2.16. The number of ether oxygens (including phenoxy) is 1. The molecule has 0 heterocycles. The zero-order chi connectivity index (χ0) is 13.4. The first-order valence-electron chi connectivity index (χ1n) is 6.56. The fourth-order valence-corrected chi connectivity index (χ4v) is 2.36. The highest BCUT2D eigenvalue weighted by Crippen LogP contribution is 2.34. The first kappa shape index (κ1) is 14.7. The molecule has 0 aromatic carbocycles. The Kier molecular flexibility index (Phi) is 6.40. The summed E-state index contributed by atoms with van der Waals surface area (Å²) >= 11 is 0. The van der Waals surface area contributed by atoms with E-state index in [1.54, 1.807) is 6.08 Å². The van der Waals surface area contributed by atoms with Crippen molar-refractivity contribution in [2.75, 3.05) is 6.61 Å². The smallest absolute Gasteiger partial charge is 0.306 e. The summed E-state index contributed by atoms with van der Waals surface area (Å²) in [5, 5.41) is 0. The van der Waals surface area contributed by atoms with Gasteiger partial charge in [0.1, 0.15) is 5.78 Å². The maximum absolute atomic E-state index is 11.6. The van der Waals surface area contributed by atoms with Crippen LogP contribution in [0.1, 0.15) is 39.0 Å². The van der Waals surface area contributed by atoms with Crippen molar-refractivity contribution in [3.05, 3.63) is 24.8 Å². The monoisotopic (exact) mass is 250 g/mol. The summed E-state index contributed by atoms with van der Waals surface area (Å²) in [5.41, 5.74) is 0. The van der Waals surface area contributed by atoms with E-state index in [9.17, 15) is 9.59 Å². The first-order chi connectivity index (χ1) is 8.67. The third kappa shape index (κ3) is 4.86. The van der Waals surface area contributed by atoms with Gasteiger partial charge in [0.25, 0.3) is 0 Å². The van der Waals surface area contributed by atoms with E-state index in [4.69, 9.17) is 4.74 Å². The van der Waals surface area contributed by atoms with Gasteiger partial charge in [-0.1, -0.05) is 18.2 Å². The molecule has 0 aliphatic heterocycles. The maximum Gasteiger partial charge on any atom is 0.306 e. The van der Waals surface area contributed by atoms with Crippen molar-refractivity contribution in [1.29, 1.82) is 0 Å². The summed E-state index contributed by atoms with van der Waals surface area (Å²) in [6.07, 6.45) is 8.84. The largest absolute Gasteiger partial charge is 0.465 e. The van der Waals surface area contributed by atoms with E-state index in [1.165, 1.54) is 0 Å². The third-order valence-electron chi connectivity index (χ3n) is 3.33. The normalized spacial score (nSPS) is 23.5. The zero-order valence-electron chi connectivity index (χ0n) is 11.1. The van der Waals surface area contributed by atoms with E-state index in [0.29, 0.717) is 38.2 Å². The maximum atomic E-state index is 11.6. The van der Waals surface area contributed by atoms with Crippen molar-refractivity contribution >= 4 is 11.8 Å². The molecule has 0 saturated heterocycles. The predicted octanol–water partition coefficient (Wildman–Crippen LogP) is 3.06. The van der Waals surface area contributed by atoms with Crippen LogP contribution in [0.25, 0.3) is 0 Å². The molecule has 1 aliphatic rings. The average molecular weight is 250 g/mol. The van der Waals surface area contributed by atoms with E-state index >= 15 is 0 Å². The van der Waals surface area contributed by atoms with Gasteiger partial charge in [-0.05, 0) is 31.6 Å². The minimum Gasteiger partial charge on any atom is -0.465 e. The summed E-state index contributed by atoms with van der Waals surface area (Å²) < 4.78 is 5.09. The third-order valence-corrected chi connectivity index (χ3v) is 3.33. The van der Waals surface area contributed by atoms with Crippen LogP contribution in [-0.4, -0.2) is 18.4 Å². The minimum atomic E-state index is -0.193. The van der Waals surface area contributed by atoms with Crippen LogP contribution < -0.4 is 0 Å².